The highest BCUT2D eigenvalue weighted by Gasteiger charge is 2.39. The molecular formula is C12H22N2O3. The van der Waals surface area contributed by atoms with E-state index in [0.29, 0.717) is 12.6 Å². The predicted molar refractivity (Wildman–Crippen MR) is 63.6 cm³/mol. The molecule has 0 aromatic heterocycles. The monoisotopic (exact) mass is 242 g/mol. The first-order valence-corrected chi connectivity index (χ1v) is 6.46. The summed E-state index contributed by atoms with van der Waals surface area (Å²) >= 11 is 0. The number of rotatable bonds is 4. The van der Waals surface area contributed by atoms with Crippen LogP contribution < -0.4 is 10.6 Å². The molecule has 2 N–H and O–H groups in total. The highest BCUT2D eigenvalue weighted by molar-refractivity contribution is 5.72. The van der Waals surface area contributed by atoms with E-state index in [4.69, 9.17) is 9.47 Å². The lowest BCUT2D eigenvalue weighted by molar-refractivity contribution is -0.179. The number of amides is 1. The van der Waals surface area contributed by atoms with Crippen molar-refractivity contribution in [2.45, 2.75) is 44.4 Å². The van der Waals surface area contributed by atoms with Crippen molar-refractivity contribution in [1.82, 2.24) is 10.6 Å². The zero-order valence-electron chi connectivity index (χ0n) is 10.5. The summed E-state index contributed by atoms with van der Waals surface area (Å²) in [6, 6.07) is 0.530. The van der Waals surface area contributed by atoms with Gasteiger partial charge in [-0.3, -0.25) is 4.79 Å². The van der Waals surface area contributed by atoms with Gasteiger partial charge in [0, 0.05) is 38.9 Å². The Morgan fingerprint density at radius 2 is 1.88 bits per heavy atom. The summed E-state index contributed by atoms with van der Waals surface area (Å²) in [6.07, 6.45) is 4.12. The molecule has 1 amide bonds. The van der Waals surface area contributed by atoms with Crippen LogP contribution in [0.1, 0.15) is 32.6 Å². The number of nitrogens with one attached hydrogen (secondary N) is 2. The van der Waals surface area contributed by atoms with E-state index in [-0.39, 0.29) is 11.7 Å². The smallest absolute Gasteiger partial charge is 0.216 e. The average Bonchev–Trinajstić information content (AvgIpc) is 2.75. The zero-order valence-corrected chi connectivity index (χ0v) is 10.5. The highest BCUT2D eigenvalue weighted by Crippen LogP contribution is 2.35. The normalized spacial score (nSPS) is 24.1. The molecule has 0 atom stereocenters. The van der Waals surface area contributed by atoms with Gasteiger partial charge < -0.3 is 20.1 Å². The van der Waals surface area contributed by atoms with Gasteiger partial charge in [-0.05, 0) is 12.8 Å². The van der Waals surface area contributed by atoms with Gasteiger partial charge in [-0.25, -0.2) is 0 Å². The van der Waals surface area contributed by atoms with Crippen molar-refractivity contribution in [2.75, 3.05) is 26.3 Å². The fourth-order valence-electron chi connectivity index (χ4n) is 2.56. The second-order valence-electron chi connectivity index (χ2n) is 4.82. The Kier molecular flexibility index (Phi) is 4.36. The minimum absolute atomic E-state index is 0.0298. The van der Waals surface area contributed by atoms with Crippen LogP contribution in [0.2, 0.25) is 0 Å². The van der Waals surface area contributed by atoms with Gasteiger partial charge in [0.05, 0.1) is 13.2 Å². The molecule has 0 aromatic carbocycles. The fraction of sp³-hybridized carbons (Fsp3) is 0.917. The van der Waals surface area contributed by atoms with Gasteiger partial charge in [-0.2, -0.15) is 0 Å². The van der Waals surface area contributed by atoms with Crippen molar-refractivity contribution in [2.24, 2.45) is 0 Å². The molecule has 5 nitrogen and oxygen atoms in total. The van der Waals surface area contributed by atoms with Crippen molar-refractivity contribution < 1.29 is 14.3 Å². The molecule has 17 heavy (non-hydrogen) atoms. The van der Waals surface area contributed by atoms with E-state index in [1.54, 1.807) is 6.92 Å². The van der Waals surface area contributed by atoms with Gasteiger partial charge in [0.2, 0.25) is 5.91 Å². The molecule has 1 heterocycles. The average molecular weight is 242 g/mol. The third-order valence-electron chi connectivity index (χ3n) is 3.49. The van der Waals surface area contributed by atoms with E-state index in [1.807, 2.05) is 0 Å². The number of hydrogen-bond acceptors (Lipinski definition) is 4. The van der Waals surface area contributed by atoms with Gasteiger partial charge in [0.15, 0.2) is 5.79 Å². The summed E-state index contributed by atoms with van der Waals surface area (Å²) in [7, 11) is 0. The topological polar surface area (TPSA) is 59.6 Å². The van der Waals surface area contributed by atoms with Crippen molar-refractivity contribution in [3.8, 4) is 0 Å². The maximum absolute atomic E-state index is 10.7. The Hall–Kier alpha value is -0.650. The minimum atomic E-state index is -0.268. The van der Waals surface area contributed by atoms with E-state index >= 15 is 0 Å². The summed E-state index contributed by atoms with van der Waals surface area (Å²) in [5.41, 5.74) is 0. The first-order valence-electron chi connectivity index (χ1n) is 6.46. The van der Waals surface area contributed by atoms with Crippen LogP contribution in [-0.4, -0.2) is 44.0 Å². The molecular weight excluding hydrogens is 220 g/mol. The maximum atomic E-state index is 10.7. The summed E-state index contributed by atoms with van der Waals surface area (Å²) in [5, 5.41) is 6.24. The van der Waals surface area contributed by atoms with Gasteiger partial charge in [0.1, 0.15) is 0 Å². The quantitative estimate of drug-likeness (QED) is 0.701. The Morgan fingerprint density at radius 3 is 2.47 bits per heavy atom. The number of carbonyl (C=O) groups excluding carboxylic acids is 1. The second-order valence-corrected chi connectivity index (χ2v) is 4.82. The van der Waals surface area contributed by atoms with Gasteiger partial charge >= 0.3 is 0 Å². The van der Waals surface area contributed by atoms with Crippen molar-refractivity contribution in [3.05, 3.63) is 0 Å². The molecule has 2 aliphatic rings. The lowest BCUT2D eigenvalue weighted by Gasteiger charge is -2.35. The zero-order chi connectivity index (χ0) is 12.1. The molecule has 5 heteroatoms. The van der Waals surface area contributed by atoms with Crippen LogP contribution in [0.25, 0.3) is 0 Å². The number of carbonyl (C=O) groups is 1. The lowest BCUT2D eigenvalue weighted by Crippen LogP contribution is -2.43. The van der Waals surface area contributed by atoms with Crippen LogP contribution in [0.4, 0.5) is 0 Å². The Balaban J connectivity index is 1.60. The third-order valence-corrected chi connectivity index (χ3v) is 3.49. The molecule has 0 aromatic rings. The first-order chi connectivity index (χ1) is 8.20. The first kappa shape index (κ1) is 12.8. The van der Waals surface area contributed by atoms with E-state index in [9.17, 15) is 4.79 Å². The maximum Gasteiger partial charge on any atom is 0.216 e. The second kappa shape index (κ2) is 5.80. The standard InChI is InChI=1S/C12H22N2O3/c1-10(15)13-6-7-14-11-2-4-12(5-3-11)16-8-9-17-12/h11,14H,2-9H2,1H3,(H,13,15). The van der Waals surface area contributed by atoms with Crippen LogP contribution in [0.3, 0.4) is 0 Å². The molecule has 2 fully saturated rings. The van der Waals surface area contributed by atoms with Crippen molar-refractivity contribution >= 4 is 5.91 Å². The van der Waals surface area contributed by atoms with E-state index in [2.05, 4.69) is 10.6 Å². The lowest BCUT2D eigenvalue weighted by atomic mass is 9.90. The van der Waals surface area contributed by atoms with Crippen LogP contribution in [0.5, 0.6) is 0 Å². The Labute approximate surface area is 102 Å². The predicted octanol–water partition coefficient (Wildman–Crippen LogP) is 0.398. The number of ether oxygens (including phenoxy) is 2. The Morgan fingerprint density at radius 1 is 1.24 bits per heavy atom. The van der Waals surface area contributed by atoms with Crippen LogP contribution in [0, 0.1) is 0 Å². The van der Waals surface area contributed by atoms with E-state index in [0.717, 1.165) is 45.4 Å². The van der Waals surface area contributed by atoms with Crippen LogP contribution >= 0.6 is 0 Å². The van der Waals surface area contributed by atoms with Crippen molar-refractivity contribution in [3.63, 3.8) is 0 Å². The van der Waals surface area contributed by atoms with Gasteiger partial charge in [0.25, 0.3) is 0 Å². The molecule has 2 rings (SSSR count). The van der Waals surface area contributed by atoms with Crippen LogP contribution in [0.15, 0.2) is 0 Å². The number of hydrogen-bond donors (Lipinski definition) is 2. The molecule has 0 unspecified atom stereocenters. The fourth-order valence-corrected chi connectivity index (χ4v) is 2.56. The largest absolute Gasteiger partial charge is 0.355 e. The molecule has 1 saturated carbocycles. The molecule has 1 spiro atoms. The summed E-state index contributed by atoms with van der Waals surface area (Å²) in [4.78, 5) is 10.7. The summed E-state index contributed by atoms with van der Waals surface area (Å²) in [5.74, 6) is -0.238. The van der Waals surface area contributed by atoms with Gasteiger partial charge in [-0.15, -0.1) is 0 Å². The molecule has 1 saturated heterocycles. The Bertz CT molecular complexity index is 254. The SMILES string of the molecule is CC(=O)NCCNC1CCC2(CC1)OCCO2. The van der Waals surface area contributed by atoms with Crippen LogP contribution in [-0.2, 0) is 14.3 Å². The molecule has 0 radical (unpaired) electrons. The molecule has 1 aliphatic heterocycles. The highest BCUT2D eigenvalue weighted by atomic mass is 16.7. The summed E-state index contributed by atoms with van der Waals surface area (Å²) < 4.78 is 11.4. The molecule has 1 aliphatic carbocycles. The minimum Gasteiger partial charge on any atom is -0.355 e. The summed E-state index contributed by atoms with van der Waals surface area (Å²) in [6.45, 7) is 4.54. The van der Waals surface area contributed by atoms with E-state index in [1.165, 1.54) is 0 Å². The van der Waals surface area contributed by atoms with Gasteiger partial charge in [-0.1, -0.05) is 0 Å². The third kappa shape index (κ3) is 3.66. The molecule has 98 valence electrons. The molecule has 0 bridgehead atoms. The van der Waals surface area contributed by atoms with Crippen molar-refractivity contribution in [1.29, 1.82) is 0 Å². The van der Waals surface area contributed by atoms with E-state index < -0.39 is 0 Å².